The van der Waals surface area contributed by atoms with Crippen LogP contribution >= 0.6 is 0 Å². The Morgan fingerprint density at radius 2 is 1.15 bits per heavy atom. The maximum atomic E-state index is 11.6. The van der Waals surface area contributed by atoms with Gasteiger partial charge in [-0.25, -0.2) is 4.79 Å². The summed E-state index contributed by atoms with van der Waals surface area (Å²) < 4.78 is 10.3. The molecule has 4 nitrogen and oxygen atoms in total. The van der Waals surface area contributed by atoms with Gasteiger partial charge in [-0.05, 0) is 33.6 Å². The summed E-state index contributed by atoms with van der Waals surface area (Å²) in [5.74, 6) is -0.390. The summed E-state index contributed by atoms with van der Waals surface area (Å²) >= 11 is 0. The van der Waals surface area contributed by atoms with E-state index in [-0.39, 0.29) is 17.5 Å². The number of hydrogen-bond donors (Lipinski definition) is 0. The molecule has 0 unspecified atom stereocenters. The van der Waals surface area contributed by atoms with E-state index in [0.717, 1.165) is 25.7 Å². The van der Waals surface area contributed by atoms with Gasteiger partial charge in [0.15, 0.2) is 0 Å². The minimum atomic E-state index is -0.364. The van der Waals surface area contributed by atoms with Crippen molar-refractivity contribution < 1.29 is 19.1 Å². The summed E-state index contributed by atoms with van der Waals surface area (Å²) in [6, 6.07) is 0. The van der Waals surface area contributed by atoms with E-state index >= 15 is 0 Å². The van der Waals surface area contributed by atoms with Gasteiger partial charge < -0.3 is 9.47 Å². The largest absolute Gasteiger partial charge is 0.463 e. The van der Waals surface area contributed by atoms with Gasteiger partial charge in [-0.3, -0.25) is 4.79 Å². The van der Waals surface area contributed by atoms with E-state index in [1.165, 1.54) is 63.9 Å². The summed E-state index contributed by atoms with van der Waals surface area (Å²) in [4.78, 5) is 22.4. The second-order valence-corrected chi connectivity index (χ2v) is 8.30. The summed E-state index contributed by atoms with van der Waals surface area (Å²) in [5, 5.41) is 0. The molecule has 0 aromatic rings. The Bertz CT molecular complexity index is 396. The topological polar surface area (TPSA) is 52.6 Å². The molecule has 27 heavy (non-hydrogen) atoms. The van der Waals surface area contributed by atoms with Crippen molar-refractivity contribution in [2.75, 3.05) is 6.61 Å². The zero-order valence-electron chi connectivity index (χ0n) is 18.0. The van der Waals surface area contributed by atoms with Crippen LogP contribution in [-0.4, -0.2) is 24.1 Å². The molecule has 0 N–H and O–H groups in total. The third-order valence-electron chi connectivity index (χ3n) is 4.36. The summed E-state index contributed by atoms with van der Waals surface area (Å²) in [7, 11) is 0. The highest BCUT2D eigenvalue weighted by Crippen LogP contribution is 2.14. The summed E-state index contributed by atoms with van der Waals surface area (Å²) in [6.45, 7) is 9.63. The number of carbonyl (C=O) groups excluding carboxylic acids is 2. The van der Waals surface area contributed by atoms with E-state index in [1.807, 2.05) is 20.8 Å². The first kappa shape index (κ1) is 25.7. The Kier molecular flexibility index (Phi) is 16.0. The maximum absolute atomic E-state index is 11.6. The predicted molar refractivity (Wildman–Crippen MR) is 112 cm³/mol. The first-order valence-electron chi connectivity index (χ1n) is 10.9. The molecule has 0 saturated carbocycles. The van der Waals surface area contributed by atoms with Crippen LogP contribution in [0, 0.1) is 0 Å². The van der Waals surface area contributed by atoms with E-state index in [1.54, 1.807) is 0 Å². The maximum Gasteiger partial charge on any atom is 0.330 e. The second-order valence-electron chi connectivity index (χ2n) is 8.30. The quantitative estimate of drug-likeness (QED) is 0.163. The van der Waals surface area contributed by atoms with Crippen molar-refractivity contribution in [1.82, 2.24) is 0 Å². The van der Waals surface area contributed by atoms with Crippen molar-refractivity contribution in [3.63, 3.8) is 0 Å². The third kappa shape index (κ3) is 20.8. The van der Waals surface area contributed by atoms with Crippen LogP contribution in [0.5, 0.6) is 0 Å². The molecule has 0 amide bonds. The fourth-order valence-electron chi connectivity index (χ4n) is 2.94. The fraction of sp³-hybridized carbons (Fsp3) is 0.826. The molecule has 0 fully saturated rings. The number of hydrogen-bond acceptors (Lipinski definition) is 4. The van der Waals surface area contributed by atoms with Gasteiger partial charge in [-0.15, -0.1) is 0 Å². The number of esters is 2. The van der Waals surface area contributed by atoms with Gasteiger partial charge >= 0.3 is 11.9 Å². The van der Waals surface area contributed by atoms with Crippen LogP contribution in [0.15, 0.2) is 12.7 Å². The molecule has 0 atom stereocenters. The van der Waals surface area contributed by atoms with Crippen LogP contribution in [0.3, 0.4) is 0 Å². The molecule has 0 aromatic carbocycles. The average molecular weight is 383 g/mol. The SMILES string of the molecule is C=CC(=O)OCCCCCCCCCCCCCCCC(=O)OC(C)(C)C. The zero-order valence-corrected chi connectivity index (χ0v) is 18.0. The predicted octanol–water partition coefficient (Wildman–Crippen LogP) is 6.52. The van der Waals surface area contributed by atoms with Gasteiger partial charge in [0.25, 0.3) is 0 Å². The number of carbonyl (C=O) groups is 2. The zero-order chi connectivity index (χ0) is 20.4. The highest BCUT2D eigenvalue weighted by atomic mass is 16.6. The monoisotopic (exact) mass is 382 g/mol. The van der Waals surface area contributed by atoms with Crippen LogP contribution in [0.2, 0.25) is 0 Å². The van der Waals surface area contributed by atoms with E-state index in [9.17, 15) is 9.59 Å². The lowest BCUT2D eigenvalue weighted by Crippen LogP contribution is -2.23. The Morgan fingerprint density at radius 1 is 0.741 bits per heavy atom. The molecular weight excluding hydrogens is 340 g/mol. The minimum Gasteiger partial charge on any atom is -0.463 e. The van der Waals surface area contributed by atoms with Gasteiger partial charge in [0, 0.05) is 12.5 Å². The standard InChI is InChI=1S/C23H42O4/c1-5-21(24)26-20-18-16-14-12-10-8-6-7-9-11-13-15-17-19-22(25)27-23(2,3)4/h5H,1,6-20H2,2-4H3. The highest BCUT2D eigenvalue weighted by molar-refractivity contribution is 5.81. The van der Waals surface area contributed by atoms with Gasteiger partial charge in [0.2, 0.25) is 0 Å². The van der Waals surface area contributed by atoms with Crippen molar-refractivity contribution in [2.45, 2.75) is 116 Å². The van der Waals surface area contributed by atoms with E-state index < -0.39 is 0 Å². The van der Waals surface area contributed by atoms with Crippen LogP contribution < -0.4 is 0 Å². The van der Waals surface area contributed by atoms with Gasteiger partial charge in [-0.1, -0.05) is 77.2 Å². The molecule has 0 saturated heterocycles. The molecule has 0 aliphatic heterocycles. The number of ether oxygens (including phenoxy) is 2. The normalized spacial score (nSPS) is 11.2. The van der Waals surface area contributed by atoms with Crippen molar-refractivity contribution in [2.24, 2.45) is 0 Å². The van der Waals surface area contributed by atoms with Gasteiger partial charge in [0.1, 0.15) is 5.60 Å². The van der Waals surface area contributed by atoms with Crippen molar-refractivity contribution in [3.05, 3.63) is 12.7 Å². The number of rotatable bonds is 17. The second kappa shape index (κ2) is 16.8. The van der Waals surface area contributed by atoms with Gasteiger partial charge in [0.05, 0.1) is 6.61 Å². The first-order valence-corrected chi connectivity index (χ1v) is 10.9. The lowest BCUT2D eigenvalue weighted by Gasteiger charge is -2.19. The fourth-order valence-corrected chi connectivity index (χ4v) is 2.94. The molecule has 158 valence electrons. The molecule has 0 aliphatic rings. The Hall–Kier alpha value is -1.32. The third-order valence-corrected chi connectivity index (χ3v) is 4.36. The molecule has 0 aromatic heterocycles. The molecule has 0 radical (unpaired) electrons. The van der Waals surface area contributed by atoms with Crippen molar-refractivity contribution >= 4 is 11.9 Å². The Morgan fingerprint density at radius 3 is 1.56 bits per heavy atom. The molecule has 4 heteroatoms. The molecule has 0 bridgehead atoms. The molecule has 0 spiro atoms. The van der Waals surface area contributed by atoms with E-state index in [4.69, 9.17) is 9.47 Å². The lowest BCUT2D eigenvalue weighted by molar-refractivity contribution is -0.155. The summed E-state index contributed by atoms with van der Waals surface area (Å²) in [5.41, 5.74) is -0.364. The first-order chi connectivity index (χ1) is 12.8. The van der Waals surface area contributed by atoms with Crippen molar-refractivity contribution in [3.8, 4) is 0 Å². The van der Waals surface area contributed by atoms with Crippen LogP contribution in [0.25, 0.3) is 0 Å². The molecule has 0 aliphatic carbocycles. The average Bonchev–Trinajstić information content (AvgIpc) is 2.59. The van der Waals surface area contributed by atoms with Crippen LogP contribution in [0.1, 0.15) is 111 Å². The van der Waals surface area contributed by atoms with E-state index in [0.29, 0.717) is 13.0 Å². The van der Waals surface area contributed by atoms with Crippen LogP contribution in [0.4, 0.5) is 0 Å². The smallest absolute Gasteiger partial charge is 0.330 e. The number of unbranched alkanes of at least 4 members (excludes halogenated alkanes) is 12. The van der Waals surface area contributed by atoms with Gasteiger partial charge in [-0.2, -0.15) is 0 Å². The van der Waals surface area contributed by atoms with E-state index in [2.05, 4.69) is 6.58 Å². The lowest BCUT2D eigenvalue weighted by atomic mass is 10.0. The Labute approximate surface area is 167 Å². The Balaban J connectivity index is 3.18. The summed E-state index contributed by atoms with van der Waals surface area (Å²) in [6.07, 6.45) is 17.5. The molecular formula is C23H42O4. The van der Waals surface area contributed by atoms with Crippen molar-refractivity contribution in [1.29, 1.82) is 0 Å². The molecule has 0 heterocycles. The highest BCUT2D eigenvalue weighted by Gasteiger charge is 2.15. The molecule has 0 rings (SSSR count). The van der Waals surface area contributed by atoms with Crippen LogP contribution in [-0.2, 0) is 19.1 Å². The minimum absolute atomic E-state index is 0.0692.